The molecule has 0 radical (unpaired) electrons. The molecule has 0 saturated carbocycles. The van der Waals surface area contributed by atoms with E-state index < -0.39 is 5.60 Å². The van der Waals surface area contributed by atoms with E-state index in [0.29, 0.717) is 11.6 Å². The predicted molar refractivity (Wildman–Crippen MR) is 166 cm³/mol. The van der Waals surface area contributed by atoms with E-state index >= 15 is 0 Å². The van der Waals surface area contributed by atoms with E-state index in [9.17, 15) is 4.79 Å². The summed E-state index contributed by atoms with van der Waals surface area (Å²) in [6.07, 6.45) is 8.20. The Morgan fingerprint density at radius 1 is 0.932 bits per heavy atom. The topological polar surface area (TPSA) is 116 Å². The van der Waals surface area contributed by atoms with E-state index in [-0.39, 0.29) is 24.3 Å². The highest BCUT2D eigenvalue weighted by molar-refractivity contribution is 5.91. The van der Waals surface area contributed by atoms with Gasteiger partial charge in [-0.25, -0.2) is 24.3 Å². The molecule has 7 rings (SSSR count). The molecule has 1 N–H and O–H groups in total. The molecule has 44 heavy (non-hydrogen) atoms. The van der Waals surface area contributed by atoms with Crippen molar-refractivity contribution >= 4 is 34.1 Å². The van der Waals surface area contributed by atoms with E-state index in [2.05, 4.69) is 25.4 Å². The molecule has 1 amide bonds. The molecule has 226 valence electrons. The summed E-state index contributed by atoms with van der Waals surface area (Å²) in [6, 6.07) is 15.8. The third kappa shape index (κ3) is 5.69. The number of pyridine rings is 1. The summed E-state index contributed by atoms with van der Waals surface area (Å²) < 4.78 is 20.0. The van der Waals surface area contributed by atoms with Gasteiger partial charge in [-0.2, -0.15) is 5.10 Å². The Balaban J connectivity index is 1.05. The zero-order valence-electron chi connectivity index (χ0n) is 25.2. The summed E-state index contributed by atoms with van der Waals surface area (Å²) in [5.41, 5.74) is 2.86. The smallest absolute Gasteiger partial charge is 0.410 e. The lowest BCUT2D eigenvalue weighted by molar-refractivity contribution is -0.00706. The third-order valence-corrected chi connectivity index (χ3v) is 8.12. The standard InChI is InChI=1S/C33H35N7O4/c1-20-13-21(5-10-29(20)43-25-11-12-39-30(17-25)35-19-37-39)38-31-27-16-24(8-9-28(27)34-18-36-31)42-26-14-22-6-7-23(15-26)40(22)32(41)44-33(2,3)4/h5,8-13,16-19,22-23,26H,6-7,14-15H2,1-4H3,(H,34,36,38). The van der Waals surface area contributed by atoms with Crippen molar-refractivity contribution in [3.63, 3.8) is 0 Å². The SMILES string of the molecule is Cc1cc(Nc2ncnc3ccc(OC4CC5CCC(C4)N5C(=O)OC(C)(C)C)cc23)ccc1Oc1ccn2ncnc2c1. The second-order valence-electron chi connectivity index (χ2n) is 12.5. The van der Waals surface area contributed by atoms with Crippen molar-refractivity contribution in [2.45, 2.75) is 77.2 Å². The minimum atomic E-state index is -0.508. The average Bonchev–Trinajstić information content (AvgIpc) is 3.55. The molecule has 2 bridgehead atoms. The van der Waals surface area contributed by atoms with Gasteiger partial charge in [-0.1, -0.05) is 0 Å². The quantitative estimate of drug-likeness (QED) is 0.226. The van der Waals surface area contributed by atoms with Gasteiger partial charge < -0.3 is 24.4 Å². The van der Waals surface area contributed by atoms with E-state index in [1.807, 2.05) is 87.3 Å². The van der Waals surface area contributed by atoms with E-state index in [0.717, 1.165) is 65.0 Å². The molecule has 2 saturated heterocycles. The normalized spacial score (nSPS) is 19.7. The number of fused-ring (bicyclic) bond motifs is 4. The second-order valence-corrected chi connectivity index (χ2v) is 12.5. The molecule has 2 fully saturated rings. The van der Waals surface area contributed by atoms with Gasteiger partial charge in [0.15, 0.2) is 5.65 Å². The Bertz CT molecular complexity index is 1840. The number of amides is 1. The molecule has 2 aliphatic rings. The number of benzene rings is 2. The van der Waals surface area contributed by atoms with Crippen LogP contribution in [0.3, 0.4) is 0 Å². The first-order chi connectivity index (χ1) is 21.2. The number of aromatic nitrogens is 5. The van der Waals surface area contributed by atoms with Gasteiger partial charge in [-0.15, -0.1) is 0 Å². The lowest BCUT2D eigenvalue weighted by Gasteiger charge is -2.39. The molecular formula is C33H35N7O4. The molecule has 3 aromatic heterocycles. The van der Waals surface area contributed by atoms with Crippen molar-refractivity contribution in [1.82, 2.24) is 29.5 Å². The fraction of sp³-hybridized carbons (Fsp3) is 0.364. The minimum Gasteiger partial charge on any atom is -0.490 e. The number of aryl methyl sites for hydroxylation is 1. The maximum absolute atomic E-state index is 12.9. The van der Waals surface area contributed by atoms with Crippen LogP contribution in [0.5, 0.6) is 17.2 Å². The van der Waals surface area contributed by atoms with E-state index in [4.69, 9.17) is 14.2 Å². The second kappa shape index (κ2) is 11.0. The van der Waals surface area contributed by atoms with Gasteiger partial charge in [-0.05, 0) is 88.6 Å². The first kappa shape index (κ1) is 27.9. The number of carbonyl (C=O) groups is 1. The van der Waals surface area contributed by atoms with Crippen molar-refractivity contribution in [2.75, 3.05) is 5.32 Å². The summed E-state index contributed by atoms with van der Waals surface area (Å²) in [6.45, 7) is 7.72. The Hall–Kier alpha value is -4.93. The van der Waals surface area contributed by atoms with Crippen molar-refractivity contribution in [3.05, 3.63) is 72.9 Å². The molecular weight excluding hydrogens is 558 g/mol. The highest BCUT2D eigenvalue weighted by atomic mass is 16.6. The average molecular weight is 594 g/mol. The summed E-state index contributed by atoms with van der Waals surface area (Å²) in [4.78, 5) is 28.0. The Kier molecular flexibility index (Phi) is 6.95. The van der Waals surface area contributed by atoms with Crippen LogP contribution in [0.15, 0.2) is 67.4 Å². The number of hydrogen-bond acceptors (Lipinski definition) is 9. The van der Waals surface area contributed by atoms with Crippen molar-refractivity contribution in [3.8, 4) is 17.2 Å². The Labute approximate surface area is 255 Å². The predicted octanol–water partition coefficient (Wildman–Crippen LogP) is 6.83. The van der Waals surface area contributed by atoms with Gasteiger partial charge in [0.25, 0.3) is 0 Å². The maximum atomic E-state index is 12.9. The van der Waals surface area contributed by atoms with E-state index in [1.54, 1.807) is 10.8 Å². The van der Waals surface area contributed by atoms with E-state index in [1.165, 1.54) is 6.33 Å². The zero-order chi connectivity index (χ0) is 30.4. The highest BCUT2D eigenvalue weighted by Crippen LogP contribution is 2.39. The highest BCUT2D eigenvalue weighted by Gasteiger charge is 2.45. The molecule has 11 nitrogen and oxygen atoms in total. The van der Waals surface area contributed by atoms with Crippen LogP contribution in [0.1, 0.15) is 52.0 Å². The van der Waals surface area contributed by atoms with Crippen LogP contribution in [0.25, 0.3) is 16.6 Å². The first-order valence-electron chi connectivity index (χ1n) is 15.0. The van der Waals surface area contributed by atoms with Gasteiger partial charge in [0.05, 0.1) is 5.52 Å². The number of carbonyl (C=O) groups excluding carboxylic acids is 1. The third-order valence-electron chi connectivity index (χ3n) is 8.12. The summed E-state index contributed by atoms with van der Waals surface area (Å²) >= 11 is 0. The number of nitrogens with one attached hydrogen (secondary N) is 1. The maximum Gasteiger partial charge on any atom is 0.410 e. The number of ether oxygens (including phenoxy) is 3. The van der Waals surface area contributed by atoms with Crippen LogP contribution in [-0.2, 0) is 4.74 Å². The molecule has 5 aromatic rings. The van der Waals surface area contributed by atoms with Gasteiger partial charge in [-0.3, -0.25) is 0 Å². The van der Waals surface area contributed by atoms with Crippen LogP contribution in [-0.4, -0.2) is 59.3 Å². The fourth-order valence-electron chi connectivity index (χ4n) is 6.20. The number of nitrogens with zero attached hydrogens (tertiary/aromatic N) is 6. The molecule has 2 aromatic carbocycles. The summed E-state index contributed by atoms with van der Waals surface area (Å²) in [5.74, 6) is 2.88. The minimum absolute atomic E-state index is 0.0188. The molecule has 2 atom stereocenters. The van der Waals surface area contributed by atoms with Crippen LogP contribution < -0.4 is 14.8 Å². The molecule has 0 spiro atoms. The lowest BCUT2D eigenvalue weighted by atomic mass is 10.00. The summed E-state index contributed by atoms with van der Waals surface area (Å²) in [7, 11) is 0. The number of anilines is 2. The molecule has 2 aliphatic heterocycles. The van der Waals surface area contributed by atoms with Crippen molar-refractivity contribution < 1.29 is 19.0 Å². The molecule has 11 heteroatoms. The lowest BCUT2D eigenvalue weighted by Crippen LogP contribution is -2.50. The largest absolute Gasteiger partial charge is 0.490 e. The summed E-state index contributed by atoms with van der Waals surface area (Å²) in [5, 5.41) is 8.43. The zero-order valence-corrected chi connectivity index (χ0v) is 25.2. The van der Waals surface area contributed by atoms with Gasteiger partial charge in [0, 0.05) is 48.3 Å². The van der Waals surface area contributed by atoms with Gasteiger partial charge >= 0.3 is 6.09 Å². The number of piperidine rings is 1. The number of hydrogen-bond donors (Lipinski definition) is 1. The van der Waals surface area contributed by atoms with Crippen LogP contribution in [0, 0.1) is 6.92 Å². The fourth-order valence-corrected chi connectivity index (χ4v) is 6.20. The van der Waals surface area contributed by atoms with Crippen LogP contribution in [0.4, 0.5) is 16.3 Å². The Morgan fingerprint density at radius 2 is 1.75 bits per heavy atom. The molecule has 2 unspecified atom stereocenters. The van der Waals surface area contributed by atoms with Crippen LogP contribution >= 0.6 is 0 Å². The number of rotatable bonds is 6. The first-order valence-corrected chi connectivity index (χ1v) is 15.0. The monoisotopic (exact) mass is 593 g/mol. The van der Waals surface area contributed by atoms with Crippen molar-refractivity contribution in [2.24, 2.45) is 0 Å². The van der Waals surface area contributed by atoms with Crippen molar-refractivity contribution in [1.29, 1.82) is 0 Å². The van der Waals surface area contributed by atoms with Crippen LogP contribution in [0.2, 0.25) is 0 Å². The van der Waals surface area contributed by atoms with Gasteiger partial charge in [0.2, 0.25) is 0 Å². The molecule has 5 heterocycles. The molecule has 0 aliphatic carbocycles. The van der Waals surface area contributed by atoms with Gasteiger partial charge in [0.1, 0.15) is 47.4 Å². The Morgan fingerprint density at radius 3 is 2.52 bits per heavy atom.